The van der Waals surface area contributed by atoms with Gasteiger partial charge in [0, 0.05) is 25.1 Å². The summed E-state index contributed by atoms with van der Waals surface area (Å²) in [5.41, 5.74) is 0.0320. The van der Waals surface area contributed by atoms with Crippen molar-refractivity contribution >= 4 is 23.4 Å². The first-order valence-electron chi connectivity index (χ1n) is 6.67. The molecule has 0 unspecified atom stereocenters. The second kappa shape index (κ2) is 6.43. The molecule has 1 aromatic rings. The summed E-state index contributed by atoms with van der Waals surface area (Å²) in [6, 6.07) is 1.90. The van der Waals surface area contributed by atoms with Crippen LogP contribution in [0.1, 0.15) is 25.7 Å². The lowest BCUT2D eigenvalue weighted by molar-refractivity contribution is 0.142. The van der Waals surface area contributed by atoms with Gasteiger partial charge in [0.05, 0.1) is 6.61 Å². The summed E-state index contributed by atoms with van der Waals surface area (Å²) in [6.07, 6.45) is 6.57. The predicted molar refractivity (Wildman–Crippen MR) is 79.8 cm³/mol. The van der Waals surface area contributed by atoms with Crippen LogP contribution in [0.25, 0.3) is 0 Å². The molecule has 1 aliphatic rings. The molecule has 1 fully saturated rings. The molecular weight excluding hydrogens is 260 g/mol. The van der Waals surface area contributed by atoms with Crippen LogP contribution in [0.5, 0.6) is 0 Å². The third-order valence-electron chi connectivity index (χ3n) is 3.79. The molecule has 1 aliphatic carbocycles. The van der Waals surface area contributed by atoms with Crippen LogP contribution in [-0.4, -0.2) is 41.5 Å². The lowest BCUT2D eigenvalue weighted by Crippen LogP contribution is -2.30. The Morgan fingerprint density at radius 2 is 2.00 bits per heavy atom. The van der Waals surface area contributed by atoms with Gasteiger partial charge in [-0.15, -0.1) is 0 Å². The molecule has 0 saturated heterocycles. The van der Waals surface area contributed by atoms with Crippen molar-refractivity contribution in [2.45, 2.75) is 30.8 Å². The van der Waals surface area contributed by atoms with Crippen LogP contribution in [0.2, 0.25) is 0 Å². The Kier molecular flexibility index (Phi) is 4.87. The van der Waals surface area contributed by atoms with Crippen LogP contribution in [0.3, 0.4) is 0 Å². The number of rotatable bonds is 6. The molecule has 5 nitrogen and oxygen atoms in total. The van der Waals surface area contributed by atoms with Gasteiger partial charge in [0.15, 0.2) is 5.16 Å². The van der Waals surface area contributed by atoms with E-state index in [1.165, 1.54) is 24.6 Å². The Balaban J connectivity index is 2.06. The molecule has 3 N–H and O–H groups in total. The van der Waals surface area contributed by atoms with E-state index in [9.17, 15) is 5.11 Å². The minimum atomic E-state index is 0.0320. The summed E-state index contributed by atoms with van der Waals surface area (Å²) in [6.45, 7) is 1.02. The maximum Gasteiger partial charge on any atom is 0.191 e. The Bertz CT molecular complexity index is 399. The Labute approximate surface area is 118 Å². The number of aliphatic hydroxyl groups is 1. The first-order chi connectivity index (χ1) is 9.21. The highest BCUT2D eigenvalue weighted by Crippen LogP contribution is 2.37. The third-order valence-corrected chi connectivity index (χ3v) is 4.34. The standard InChI is InChI=1S/C13H22N4OS/c1-14-10-7-11(17-12(16-10)19-2)15-8-13(9-18)5-3-4-6-13/h7,18H,3-6,8-9H2,1-2H3,(H2,14,15,16,17). The average molecular weight is 282 g/mol. The highest BCUT2D eigenvalue weighted by Gasteiger charge is 2.33. The third kappa shape index (κ3) is 3.51. The maximum absolute atomic E-state index is 9.61. The fourth-order valence-corrected chi connectivity index (χ4v) is 2.91. The smallest absolute Gasteiger partial charge is 0.191 e. The molecular formula is C13H22N4OS. The number of hydrogen-bond donors (Lipinski definition) is 3. The van der Waals surface area contributed by atoms with Gasteiger partial charge in [-0.25, -0.2) is 9.97 Å². The van der Waals surface area contributed by atoms with Crippen LogP contribution in [0.4, 0.5) is 11.6 Å². The van der Waals surface area contributed by atoms with Crippen molar-refractivity contribution in [2.24, 2.45) is 5.41 Å². The summed E-state index contributed by atoms with van der Waals surface area (Å²) >= 11 is 1.52. The molecule has 0 aromatic carbocycles. The topological polar surface area (TPSA) is 70.1 Å². The molecule has 2 rings (SSSR count). The molecule has 1 saturated carbocycles. The van der Waals surface area contributed by atoms with Crippen LogP contribution in [-0.2, 0) is 0 Å². The van der Waals surface area contributed by atoms with Gasteiger partial charge in [0.1, 0.15) is 11.6 Å². The molecule has 1 aromatic heterocycles. The summed E-state index contributed by atoms with van der Waals surface area (Å²) in [4.78, 5) is 8.78. The van der Waals surface area contributed by atoms with Crippen molar-refractivity contribution in [3.8, 4) is 0 Å². The molecule has 106 valence electrons. The number of aromatic nitrogens is 2. The number of thioether (sulfide) groups is 1. The molecule has 6 heteroatoms. The summed E-state index contributed by atoms with van der Waals surface area (Å²) in [5.74, 6) is 1.63. The predicted octanol–water partition coefficient (Wildman–Crippen LogP) is 2.20. The van der Waals surface area contributed by atoms with Gasteiger partial charge in [-0.2, -0.15) is 0 Å². The fourth-order valence-electron chi connectivity index (χ4n) is 2.53. The molecule has 0 spiro atoms. The van der Waals surface area contributed by atoms with E-state index >= 15 is 0 Å². The molecule has 0 bridgehead atoms. The second-order valence-corrected chi connectivity index (χ2v) is 5.87. The monoisotopic (exact) mass is 282 g/mol. The maximum atomic E-state index is 9.61. The van der Waals surface area contributed by atoms with Gasteiger partial charge in [-0.3, -0.25) is 0 Å². The van der Waals surface area contributed by atoms with Crippen LogP contribution >= 0.6 is 11.8 Å². The molecule has 1 heterocycles. The van der Waals surface area contributed by atoms with E-state index in [4.69, 9.17) is 0 Å². The van der Waals surface area contributed by atoms with Crippen molar-refractivity contribution in [3.05, 3.63) is 6.07 Å². The van der Waals surface area contributed by atoms with Crippen molar-refractivity contribution < 1.29 is 5.11 Å². The van der Waals surface area contributed by atoms with E-state index in [1.807, 2.05) is 19.4 Å². The highest BCUT2D eigenvalue weighted by atomic mass is 32.2. The minimum Gasteiger partial charge on any atom is -0.396 e. The van der Waals surface area contributed by atoms with E-state index in [2.05, 4.69) is 20.6 Å². The number of nitrogens with one attached hydrogen (secondary N) is 2. The zero-order valence-corrected chi connectivity index (χ0v) is 12.4. The van der Waals surface area contributed by atoms with Gasteiger partial charge in [-0.1, -0.05) is 24.6 Å². The fraction of sp³-hybridized carbons (Fsp3) is 0.692. The molecule has 0 aliphatic heterocycles. The Hall–Kier alpha value is -1.01. The van der Waals surface area contributed by atoms with Gasteiger partial charge in [0.25, 0.3) is 0 Å². The quantitative estimate of drug-likeness (QED) is 0.549. The van der Waals surface area contributed by atoms with Crippen molar-refractivity contribution in [1.82, 2.24) is 9.97 Å². The number of nitrogens with zero attached hydrogens (tertiary/aromatic N) is 2. The highest BCUT2D eigenvalue weighted by molar-refractivity contribution is 7.98. The van der Waals surface area contributed by atoms with E-state index in [0.717, 1.165) is 36.2 Å². The normalized spacial score (nSPS) is 17.4. The zero-order valence-electron chi connectivity index (χ0n) is 11.6. The summed E-state index contributed by atoms with van der Waals surface area (Å²) < 4.78 is 0. The Morgan fingerprint density at radius 1 is 1.32 bits per heavy atom. The van der Waals surface area contributed by atoms with Gasteiger partial charge in [-0.05, 0) is 19.1 Å². The van der Waals surface area contributed by atoms with E-state index in [-0.39, 0.29) is 12.0 Å². The zero-order chi connectivity index (χ0) is 13.7. The molecule has 0 amide bonds. The minimum absolute atomic E-state index is 0.0320. The van der Waals surface area contributed by atoms with Gasteiger partial charge in [0.2, 0.25) is 0 Å². The SMILES string of the molecule is CNc1cc(NCC2(CO)CCCC2)nc(SC)n1. The van der Waals surface area contributed by atoms with Gasteiger partial charge >= 0.3 is 0 Å². The molecule has 19 heavy (non-hydrogen) atoms. The number of aliphatic hydroxyl groups excluding tert-OH is 1. The summed E-state index contributed by atoms with van der Waals surface area (Å²) in [7, 11) is 1.85. The van der Waals surface area contributed by atoms with E-state index < -0.39 is 0 Å². The van der Waals surface area contributed by atoms with E-state index in [1.54, 1.807) is 0 Å². The first-order valence-corrected chi connectivity index (χ1v) is 7.89. The van der Waals surface area contributed by atoms with Crippen LogP contribution < -0.4 is 10.6 Å². The molecule has 0 radical (unpaired) electrons. The largest absolute Gasteiger partial charge is 0.396 e. The lowest BCUT2D eigenvalue weighted by atomic mass is 9.87. The number of hydrogen-bond acceptors (Lipinski definition) is 6. The van der Waals surface area contributed by atoms with Crippen LogP contribution in [0, 0.1) is 5.41 Å². The van der Waals surface area contributed by atoms with E-state index in [0.29, 0.717) is 0 Å². The van der Waals surface area contributed by atoms with Crippen molar-refractivity contribution in [3.63, 3.8) is 0 Å². The van der Waals surface area contributed by atoms with Crippen LogP contribution in [0.15, 0.2) is 11.2 Å². The second-order valence-electron chi connectivity index (χ2n) is 5.09. The number of anilines is 2. The first kappa shape index (κ1) is 14.4. The van der Waals surface area contributed by atoms with Crippen molar-refractivity contribution in [2.75, 3.05) is 37.1 Å². The summed E-state index contributed by atoms with van der Waals surface area (Å²) in [5, 5.41) is 16.8. The molecule has 0 atom stereocenters. The Morgan fingerprint density at radius 3 is 2.58 bits per heavy atom. The van der Waals surface area contributed by atoms with Crippen molar-refractivity contribution in [1.29, 1.82) is 0 Å². The lowest BCUT2D eigenvalue weighted by Gasteiger charge is -2.26. The van der Waals surface area contributed by atoms with Gasteiger partial charge < -0.3 is 15.7 Å². The average Bonchev–Trinajstić information content (AvgIpc) is 2.94.